The van der Waals surface area contributed by atoms with Gasteiger partial charge in [-0.05, 0) is 51.5 Å². The summed E-state index contributed by atoms with van der Waals surface area (Å²) in [6, 6.07) is 0. The Bertz CT molecular complexity index is 542. The molecular weight excluding hydrogens is 296 g/mol. The predicted molar refractivity (Wildman–Crippen MR) is 99.9 cm³/mol. The lowest BCUT2D eigenvalue weighted by molar-refractivity contribution is -0.188. The molecule has 0 aromatic rings. The summed E-state index contributed by atoms with van der Waals surface area (Å²) in [6.45, 7) is 13.6. The number of hydrogen-bond donors (Lipinski definition) is 0. The van der Waals surface area contributed by atoms with Gasteiger partial charge in [0, 0.05) is 10.8 Å². The SMILES string of the molecule is CCCC[C@@]12OC(C)(C)O[C@H]1C1=CCCCC1(C)/C=C\CC2(C)C. The fourth-order valence-corrected chi connectivity index (χ4v) is 5.14. The maximum absolute atomic E-state index is 6.79. The van der Waals surface area contributed by atoms with Crippen LogP contribution >= 0.6 is 0 Å². The minimum Gasteiger partial charge on any atom is -0.340 e. The van der Waals surface area contributed by atoms with Crippen molar-refractivity contribution in [2.45, 2.75) is 104 Å². The van der Waals surface area contributed by atoms with Gasteiger partial charge in [-0.3, -0.25) is 0 Å². The quantitative estimate of drug-likeness (QED) is 0.575. The van der Waals surface area contributed by atoms with E-state index in [1.807, 2.05) is 0 Å². The van der Waals surface area contributed by atoms with Crippen molar-refractivity contribution in [3.05, 3.63) is 23.8 Å². The highest BCUT2D eigenvalue weighted by atomic mass is 16.8. The Labute approximate surface area is 148 Å². The first-order valence-corrected chi connectivity index (χ1v) is 9.92. The van der Waals surface area contributed by atoms with E-state index in [9.17, 15) is 0 Å². The zero-order valence-corrected chi connectivity index (χ0v) is 16.6. The van der Waals surface area contributed by atoms with E-state index < -0.39 is 5.79 Å². The molecule has 0 radical (unpaired) electrons. The monoisotopic (exact) mass is 332 g/mol. The molecule has 1 aliphatic heterocycles. The molecule has 1 unspecified atom stereocenters. The second-order valence-corrected chi connectivity index (χ2v) is 9.45. The van der Waals surface area contributed by atoms with Crippen LogP contribution < -0.4 is 0 Å². The molecule has 0 spiro atoms. The molecule has 2 nitrogen and oxygen atoms in total. The standard InChI is InChI=1S/C22H36O2/c1-7-8-16-22-18(23-20(4,5)24-22)17-12-9-10-14-21(17,6)15-11-13-19(22,2)3/h11-12,15,18H,7-10,13-14,16H2,1-6H3/b15-11-/t18-,21?,22+/m0/s1. The number of unbranched alkanes of at least 4 members (excludes halogenated alkanes) is 1. The van der Waals surface area contributed by atoms with Gasteiger partial charge in [-0.25, -0.2) is 0 Å². The van der Waals surface area contributed by atoms with E-state index in [2.05, 4.69) is 59.8 Å². The first-order chi connectivity index (χ1) is 11.2. The van der Waals surface area contributed by atoms with E-state index in [1.54, 1.807) is 0 Å². The van der Waals surface area contributed by atoms with Crippen molar-refractivity contribution in [1.29, 1.82) is 0 Å². The average Bonchev–Trinajstić information content (AvgIpc) is 2.76. The summed E-state index contributed by atoms with van der Waals surface area (Å²) >= 11 is 0. The van der Waals surface area contributed by atoms with Crippen LogP contribution in [0.5, 0.6) is 0 Å². The van der Waals surface area contributed by atoms with Crippen LogP contribution in [0.3, 0.4) is 0 Å². The number of ether oxygens (including phenoxy) is 2. The molecule has 0 aromatic heterocycles. The molecule has 0 aromatic carbocycles. The Morgan fingerprint density at radius 2 is 1.92 bits per heavy atom. The Morgan fingerprint density at radius 1 is 1.17 bits per heavy atom. The van der Waals surface area contributed by atoms with Gasteiger partial charge in [0.25, 0.3) is 0 Å². The van der Waals surface area contributed by atoms with E-state index in [4.69, 9.17) is 9.47 Å². The van der Waals surface area contributed by atoms with Crippen molar-refractivity contribution >= 4 is 0 Å². The lowest BCUT2D eigenvalue weighted by Crippen LogP contribution is -2.55. The number of hydrogen-bond acceptors (Lipinski definition) is 2. The molecule has 2 heteroatoms. The van der Waals surface area contributed by atoms with Gasteiger partial charge < -0.3 is 9.47 Å². The van der Waals surface area contributed by atoms with Crippen molar-refractivity contribution in [2.75, 3.05) is 0 Å². The minimum atomic E-state index is -0.515. The normalized spacial score (nSPS) is 41.6. The minimum absolute atomic E-state index is 0.0523. The molecule has 1 heterocycles. The average molecular weight is 333 g/mol. The third-order valence-electron chi connectivity index (χ3n) is 6.62. The van der Waals surface area contributed by atoms with E-state index in [0.717, 1.165) is 12.8 Å². The first-order valence-electron chi connectivity index (χ1n) is 9.92. The van der Waals surface area contributed by atoms with Crippen LogP contribution in [0, 0.1) is 10.8 Å². The summed E-state index contributed by atoms with van der Waals surface area (Å²) in [4.78, 5) is 0. The van der Waals surface area contributed by atoms with Gasteiger partial charge in [0.05, 0.1) is 0 Å². The van der Waals surface area contributed by atoms with Crippen molar-refractivity contribution in [3.63, 3.8) is 0 Å². The molecule has 0 bridgehead atoms. The van der Waals surface area contributed by atoms with E-state index >= 15 is 0 Å². The molecule has 2 aliphatic carbocycles. The van der Waals surface area contributed by atoms with Crippen molar-refractivity contribution in [3.8, 4) is 0 Å². The molecule has 1 saturated heterocycles. The van der Waals surface area contributed by atoms with Gasteiger partial charge >= 0.3 is 0 Å². The third-order valence-corrected chi connectivity index (χ3v) is 6.62. The van der Waals surface area contributed by atoms with Crippen LogP contribution in [0.15, 0.2) is 23.8 Å². The van der Waals surface area contributed by atoms with E-state index in [1.165, 1.54) is 37.7 Å². The van der Waals surface area contributed by atoms with Crippen LogP contribution in [0.2, 0.25) is 0 Å². The maximum atomic E-state index is 6.79. The molecule has 24 heavy (non-hydrogen) atoms. The zero-order valence-electron chi connectivity index (χ0n) is 16.6. The van der Waals surface area contributed by atoms with E-state index in [0.29, 0.717) is 0 Å². The smallest absolute Gasteiger partial charge is 0.164 e. The van der Waals surface area contributed by atoms with Crippen LogP contribution in [0.1, 0.15) is 86.5 Å². The summed E-state index contributed by atoms with van der Waals surface area (Å²) in [5, 5.41) is 0. The molecule has 3 rings (SSSR count). The number of fused-ring (bicyclic) bond motifs is 3. The summed E-state index contributed by atoms with van der Waals surface area (Å²) in [7, 11) is 0. The molecule has 0 N–H and O–H groups in total. The number of rotatable bonds is 3. The highest BCUT2D eigenvalue weighted by Gasteiger charge is 2.62. The topological polar surface area (TPSA) is 18.5 Å². The van der Waals surface area contributed by atoms with E-state index in [-0.39, 0.29) is 22.5 Å². The largest absolute Gasteiger partial charge is 0.340 e. The Hall–Kier alpha value is -0.600. The van der Waals surface area contributed by atoms with Gasteiger partial charge in [0.2, 0.25) is 0 Å². The summed E-state index contributed by atoms with van der Waals surface area (Å²) in [5.41, 5.74) is 1.42. The van der Waals surface area contributed by atoms with Gasteiger partial charge in [-0.2, -0.15) is 0 Å². The summed E-state index contributed by atoms with van der Waals surface area (Å²) < 4.78 is 13.4. The second-order valence-electron chi connectivity index (χ2n) is 9.45. The van der Waals surface area contributed by atoms with Gasteiger partial charge in [0.1, 0.15) is 11.7 Å². The fraction of sp³-hybridized carbons (Fsp3) is 0.818. The van der Waals surface area contributed by atoms with Crippen molar-refractivity contribution in [1.82, 2.24) is 0 Å². The van der Waals surface area contributed by atoms with Gasteiger partial charge in [0.15, 0.2) is 5.79 Å². The Kier molecular flexibility index (Phi) is 4.54. The molecular formula is C22H36O2. The van der Waals surface area contributed by atoms with Crippen LogP contribution in [-0.4, -0.2) is 17.5 Å². The van der Waals surface area contributed by atoms with Gasteiger partial charge in [-0.15, -0.1) is 0 Å². The van der Waals surface area contributed by atoms with Crippen molar-refractivity contribution in [2.24, 2.45) is 10.8 Å². The molecule has 3 atom stereocenters. The highest BCUT2D eigenvalue weighted by Crippen LogP contribution is 2.58. The Morgan fingerprint density at radius 3 is 2.62 bits per heavy atom. The van der Waals surface area contributed by atoms with Crippen LogP contribution in [-0.2, 0) is 9.47 Å². The fourth-order valence-electron chi connectivity index (χ4n) is 5.14. The molecule has 0 saturated carbocycles. The summed E-state index contributed by atoms with van der Waals surface area (Å²) in [5.74, 6) is -0.515. The second kappa shape index (κ2) is 5.99. The van der Waals surface area contributed by atoms with Crippen LogP contribution in [0.25, 0.3) is 0 Å². The Balaban J connectivity index is 2.15. The third kappa shape index (κ3) is 2.80. The number of allylic oxidation sites excluding steroid dienone is 3. The molecule has 1 fully saturated rings. The summed E-state index contributed by atoms with van der Waals surface area (Å²) in [6.07, 6.45) is 15.6. The van der Waals surface area contributed by atoms with Crippen molar-refractivity contribution < 1.29 is 9.47 Å². The molecule has 3 aliphatic rings. The lowest BCUT2D eigenvalue weighted by Gasteiger charge is -2.50. The van der Waals surface area contributed by atoms with Crippen LogP contribution in [0.4, 0.5) is 0 Å². The lowest BCUT2D eigenvalue weighted by atomic mass is 9.59. The maximum Gasteiger partial charge on any atom is 0.164 e. The highest BCUT2D eigenvalue weighted by molar-refractivity contribution is 5.34. The predicted octanol–water partition coefficient (Wildman–Crippen LogP) is 6.17. The molecule has 136 valence electrons. The van der Waals surface area contributed by atoms with Gasteiger partial charge in [-0.1, -0.05) is 58.8 Å². The first kappa shape index (κ1) is 18.2. The molecule has 0 amide bonds. The zero-order chi connectivity index (χ0) is 17.6.